The van der Waals surface area contributed by atoms with Gasteiger partial charge in [0, 0.05) is 25.4 Å². The molecule has 0 radical (unpaired) electrons. The smallest absolute Gasteiger partial charge is 0.226 e. The molecule has 1 unspecified atom stereocenters. The third-order valence-electron chi connectivity index (χ3n) is 3.25. The molecule has 0 aliphatic heterocycles. The second-order valence-corrected chi connectivity index (χ2v) is 5.72. The van der Waals surface area contributed by atoms with Gasteiger partial charge in [-0.25, -0.2) is 18.7 Å². The highest BCUT2D eigenvalue weighted by molar-refractivity contribution is 6.29. The molecule has 0 amide bonds. The van der Waals surface area contributed by atoms with Gasteiger partial charge in [-0.2, -0.15) is 4.98 Å². The summed E-state index contributed by atoms with van der Waals surface area (Å²) in [5.74, 6) is -0.324. The highest BCUT2D eigenvalue weighted by atomic mass is 35.5. The van der Waals surface area contributed by atoms with E-state index < -0.39 is 17.7 Å². The first kappa shape index (κ1) is 17.0. The van der Waals surface area contributed by atoms with Gasteiger partial charge in [-0.15, -0.1) is 0 Å². The second-order valence-electron chi connectivity index (χ2n) is 5.34. The van der Waals surface area contributed by atoms with Crippen LogP contribution in [0.15, 0.2) is 30.9 Å². The van der Waals surface area contributed by atoms with E-state index in [1.807, 2.05) is 7.05 Å². The van der Waals surface area contributed by atoms with Gasteiger partial charge < -0.3 is 15.2 Å². The molecule has 0 aromatic carbocycles. The van der Waals surface area contributed by atoms with Gasteiger partial charge in [0.25, 0.3) is 0 Å². The van der Waals surface area contributed by atoms with Crippen molar-refractivity contribution in [2.45, 2.75) is 13.0 Å². The number of aryl methyl sites for hydroxylation is 1. The zero-order chi connectivity index (χ0) is 18.0. The molecular formula is C15H14ClF2N7. The van der Waals surface area contributed by atoms with E-state index in [0.717, 1.165) is 12.3 Å². The lowest BCUT2D eigenvalue weighted by atomic mass is 10.2. The normalized spacial score (nSPS) is 12.0. The number of anilines is 3. The maximum absolute atomic E-state index is 13.8. The van der Waals surface area contributed by atoms with Crippen LogP contribution in [0.3, 0.4) is 0 Å². The molecule has 1 atom stereocenters. The first-order valence-corrected chi connectivity index (χ1v) is 7.65. The molecule has 10 heteroatoms. The van der Waals surface area contributed by atoms with Crippen LogP contribution in [0.5, 0.6) is 0 Å². The van der Waals surface area contributed by atoms with Crippen LogP contribution in [0, 0.1) is 11.6 Å². The van der Waals surface area contributed by atoms with Crippen molar-refractivity contribution in [1.29, 1.82) is 0 Å². The molecule has 7 nitrogen and oxygen atoms in total. The molecule has 0 saturated heterocycles. The SMILES string of the molecule is CC(Nc1nc(Cl)cc(Nc2cn(C)cn2)n1)c1ncc(F)cc1F. The Balaban J connectivity index is 1.80. The maximum atomic E-state index is 13.8. The summed E-state index contributed by atoms with van der Waals surface area (Å²) in [5.41, 5.74) is 0.0456. The van der Waals surface area contributed by atoms with E-state index in [9.17, 15) is 8.78 Å². The van der Waals surface area contributed by atoms with Crippen LogP contribution in [0.25, 0.3) is 0 Å². The van der Waals surface area contributed by atoms with Gasteiger partial charge in [-0.3, -0.25) is 4.98 Å². The summed E-state index contributed by atoms with van der Waals surface area (Å²) in [6.07, 6.45) is 4.35. The third-order valence-corrected chi connectivity index (χ3v) is 3.44. The fraction of sp³-hybridized carbons (Fsp3) is 0.200. The van der Waals surface area contributed by atoms with Gasteiger partial charge in [0.1, 0.15) is 28.4 Å². The minimum Gasteiger partial charge on any atom is -0.346 e. The fourth-order valence-corrected chi connectivity index (χ4v) is 2.34. The molecule has 2 N–H and O–H groups in total. The molecule has 3 aromatic heterocycles. The number of hydrogen-bond acceptors (Lipinski definition) is 6. The molecule has 3 rings (SSSR count). The summed E-state index contributed by atoms with van der Waals surface area (Å²) in [7, 11) is 1.84. The quantitative estimate of drug-likeness (QED) is 0.674. The van der Waals surface area contributed by atoms with Crippen molar-refractivity contribution >= 4 is 29.2 Å². The summed E-state index contributed by atoms with van der Waals surface area (Å²) in [5, 5.41) is 6.07. The fourth-order valence-electron chi connectivity index (χ4n) is 2.16. The Morgan fingerprint density at radius 2 is 1.96 bits per heavy atom. The van der Waals surface area contributed by atoms with Crippen molar-refractivity contribution < 1.29 is 8.78 Å². The van der Waals surface area contributed by atoms with Crippen molar-refractivity contribution in [2.24, 2.45) is 7.05 Å². The molecule has 3 aromatic rings. The molecule has 130 valence electrons. The number of nitrogens with zero attached hydrogens (tertiary/aromatic N) is 5. The number of rotatable bonds is 5. The van der Waals surface area contributed by atoms with E-state index in [2.05, 4.69) is 30.6 Å². The summed E-state index contributed by atoms with van der Waals surface area (Å²) >= 11 is 6.01. The monoisotopic (exact) mass is 365 g/mol. The van der Waals surface area contributed by atoms with E-state index >= 15 is 0 Å². The van der Waals surface area contributed by atoms with Gasteiger partial charge >= 0.3 is 0 Å². The topological polar surface area (TPSA) is 80.5 Å². The first-order valence-electron chi connectivity index (χ1n) is 7.28. The molecule has 25 heavy (non-hydrogen) atoms. The van der Waals surface area contributed by atoms with Crippen molar-refractivity contribution in [3.05, 3.63) is 53.3 Å². The zero-order valence-corrected chi connectivity index (χ0v) is 14.1. The van der Waals surface area contributed by atoms with E-state index in [0.29, 0.717) is 11.6 Å². The molecule has 0 fully saturated rings. The van der Waals surface area contributed by atoms with Gasteiger partial charge in [0.05, 0.1) is 24.3 Å². The standard InChI is InChI=1S/C15H14ClF2N7/c1-8(14-10(18)3-9(17)5-19-14)21-15-22-11(16)4-12(24-15)23-13-6-25(2)7-20-13/h3-8H,1-2H3,(H2,21,22,23,24). The van der Waals surface area contributed by atoms with Gasteiger partial charge in [-0.05, 0) is 6.92 Å². The lowest BCUT2D eigenvalue weighted by molar-refractivity contribution is 0.550. The lowest BCUT2D eigenvalue weighted by Gasteiger charge is -2.15. The number of halogens is 3. The van der Waals surface area contributed by atoms with E-state index in [-0.39, 0.29) is 16.8 Å². The number of hydrogen-bond donors (Lipinski definition) is 2. The third kappa shape index (κ3) is 4.18. The zero-order valence-electron chi connectivity index (χ0n) is 13.3. The Hall–Kier alpha value is -2.81. The van der Waals surface area contributed by atoms with Gasteiger partial charge in [0.15, 0.2) is 0 Å². The van der Waals surface area contributed by atoms with Gasteiger partial charge in [-0.1, -0.05) is 11.6 Å². The molecule has 3 heterocycles. The molecule has 0 aliphatic carbocycles. The molecule has 0 spiro atoms. The predicted molar refractivity (Wildman–Crippen MR) is 89.7 cm³/mol. The van der Waals surface area contributed by atoms with Crippen LogP contribution in [0.4, 0.5) is 26.4 Å². The van der Waals surface area contributed by atoms with E-state index in [1.165, 1.54) is 6.07 Å². The Morgan fingerprint density at radius 3 is 2.64 bits per heavy atom. The van der Waals surface area contributed by atoms with Crippen molar-refractivity contribution in [2.75, 3.05) is 10.6 Å². The summed E-state index contributed by atoms with van der Waals surface area (Å²) in [6.45, 7) is 1.65. The predicted octanol–water partition coefficient (Wildman–Crippen LogP) is 3.45. The van der Waals surface area contributed by atoms with Crippen molar-refractivity contribution in [1.82, 2.24) is 24.5 Å². The average molecular weight is 366 g/mol. The van der Waals surface area contributed by atoms with Crippen LogP contribution >= 0.6 is 11.6 Å². The average Bonchev–Trinajstić information content (AvgIpc) is 2.91. The minimum absolute atomic E-state index is 0.0456. The van der Waals surface area contributed by atoms with Crippen LogP contribution in [-0.4, -0.2) is 24.5 Å². The number of imidazole rings is 1. The lowest BCUT2D eigenvalue weighted by Crippen LogP contribution is -2.13. The van der Waals surface area contributed by atoms with Crippen molar-refractivity contribution in [3.8, 4) is 0 Å². The summed E-state index contributed by atoms with van der Waals surface area (Å²) in [4.78, 5) is 16.2. The highest BCUT2D eigenvalue weighted by Gasteiger charge is 2.15. The Bertz CT molecular complexity index is 899. The van der Waals surface area contributed by atoms with Crippen LogP contribution < -0.4 is 10.6 Å². The first-order chi connectivity index (χ1) is 11.9. The van der Waals surface area contributed by atoms with Gasteiger partial charge in [0.2, 0.25) is 5.95 Å². The Morgan fingerprint density at radius 1 is 1.16 bits per heavy atom. The Kier molecular flexibility index (Phi) is 4.75. The molecular weight excluding hydrogens is 352 g/mol. The molecule has 0 aliphatic rings. The Labute approximate surface area is 147 Å². The molecule has 0 bridgehead atoms. The summed E-state index contributed by atoms with van der Waals surface area (Å²) < 4.78 is 28.6. The van der Waals surface area contributed by atoms with E-state index in [1.54, 1.807) is 24.0 Å². The highest BCUT2D eigenvalue weighted by Crippen LogP contribution is 2.22. The second kappa shape index (κ2) is 6.98. The van der Waals surface area contributed by atoms with Crippen LogP contribution in [-0.2, 0) is 7.05 Å². The maximum Gasteiger partial charge on any atom is 0.226 e. The number of aromatic nitrogens is 5. The summed E-state index contributed by atoms with van der Waals surface area (Å²) in [6, 6.07) is 1.71. The number of nitrogens with one attached hydrogen (secondary N) is 2. The van der Waals surface area contributed by atoms with Crippen LogP contribution in [0.2, 0.25) is 5.15 Å². The van der Waals surface area contributed by atoms with Crippen molar-refractivity contribution in [3.63, 3.8) is 0 Å². The van der Waals surface area contributed by atoms with Crippen LogP contribution in [0.1, 0.15) is 18.7 Å². The minimum atomic E-state index is -0.756. The van der Waals surface area contributed by atoms with E-state index in [4.69, 9.17) is 11.6 Å². The number of pyridine rings is 1. The largest absolute Gasteiger partial charge is 0.346 e. The molecule has 0 saturated carbocycles.